The van der Waals surface area contributed by atoms with E-state index in [0.29, 0.717) is 23.7 Å². The molecule has 0 bridgehead atoms. The molecule has 0 heterocycles. The molecule has 0 aromatic rings. The van der Waals surface area contributed by atoms with E-state index in [4.69, 9.17) is 4.74 Å². The van der Waals surface area contributed by atoms with Crippen LogP contribution in [0.2, 0.25) is 0 Å². The summed E-state index contributed by atoms with van der Waals surface area (Å²) < 4.78 is 6.00. The zero-order valence-electron chi connectivity index (χ0n) is 16.9. The summed E-state index contributed by atoms with van der Waals surface area (Å²) in [6, 6.07) is 0. The Morgan fingerprint density at radius 2 is 1.76 bits per heavy atom. The van der Waals surface area contributed by atoms with Crippen LogP contribution in [0.15, 0.2) is 0 Å². The Morgan fingerprint density at radius 1 is 1.08 bits per heavy atom. The molecular weight excluding hydrogens is 312 g/mol. The molecule has 4 aliphatic rings. The van der Waals surface area contributed by atoms with Gasteiger partial charge in [0.15, 0.2) is 0 Å². The number of esters is 1. The van der Waals surface area contributed by atoms with E-state index in [1.165, 1.54) is 12.8 Å². The third-order valence-corrected chi connectivity index (χ3v) is 9.45. The molecule has 8 atom stereocenters. The third-order valence-electron chi connectivity index (χ3n) is 9.45. The first-order chi connectivity index (χ1) is 11.5. The highest BCUT2D eigenvalue weighted by Crippen LogP contribution is 2.84. The van der Waals surface area contributed by atoms with E-state index in [1.54, 1.807) is 6.92 Å². The van der Waals surface area contributed by atoms with E-state index >= 15 is 0 Å². The van der Waals surface area contributed by atoms with Crippen LogP contribution in [-0.2, 0) is 9.53 Å². The van der Waals surface area contributed by atoms with Crippen molar-refractivity contribution >= 4 is 5.97 Å². The van der Waals surface area contributed by atoms with Gasteiger partial charge in [-0.1, -0.05) is 27.7 Å². The van der Waals surface area contributed by atoms with Crippen LogP contribution in [0.4, 0.5) is 0 Å². The van der Waals surface area contributed by atoms with E-state index in [2.05, 4.69) is 27.7 Å². The lowest BCUT2D eigenvalue weighted by atomic mass is 9.45. The maximum absolute atomic E-state index is 11.9. The minimum atomic E-state index is -0.547. The average Bonchev–Trinajstić information content (AvgIpc) is 3.15. The number of carbonyl (C=O) groups is 1. The molecular formula is C22H36O3. The molecule has 4 rings (SSSR count). The minimum absolute atomic E-state index is 0.00620. The second-order valence-corrected chi connectivity index (χ2v) is 10.9. The third kappa shape index (κ3) is 2.05. The van der Waals surface area contributed by atoms with Gasteiger partial charge in [0.25, 0.3) is 0 Å². The number of aliphatic hydroxyl groups is 1. The van der Waals surface area contributed by atoms with Gasteiger partial charge in [-0.3, -0.25) is 4.79 Å². The number of carbonyl (C=O) groups excluding carboxylic acids is 1. The number of rotatable bonds is 2. The molecule has 0 radical (unpaired) electrons. The standard InChI is InChI=1S/C22H36O3/c1-13(2)15-7-8-16-19(15,4)12-18(25-14(3)23)20(5)9-10-21(6,24)17-11-22(16,17)20/h13,15-18,24H,7-12H2,1-6H3/t15-,16-,17+,18+,19-,20-,21-,22?/m1/s1. The van der Waals surface area contributed by atoms with Gasteiger partial charge in [-0.25, -0.2) is 0 Å². The quantitative estimate of drug-likeness (QED) is 0.744. The Bertz CT molecular complexity index is 596. The minimum Gasteiger partial charge on any atom is -0.462 e. The Morgan fingerprint density at radius 3 is 2.36 bits per heavy atom. The van der Waals surface area contributed by atoms with Gasteiger partial charge >= 0.3 is 5.97 Å². The molecule has 0 aromatic heterocycles. The van der Waals surface area contributed by atoms with Crippen LogP contribution in [0.3, 0.4) is 0 Å². The van der Waals surface area contributed by atoms with Gasteiger partial charge in [0, 0.05) is 12.3 Å². The number of hydrogen-bond donors (Lipinski definition) is 1. The van der Waals surface area contributed by atoms with Crippen LogP contribution in [0.25, 0.3) is 0 Å². The zero-order chi connectivity index (χ0) is 18.4. The fourth-order valence-corrected chi connectivity index (χ4v) is 8.34. The van der Waals surface area contributed by atoms with Crippen LogP contribution in [-0.4, -0.2) is 22.8 Å². The van der Waals surface area contributed by atoms with Crippen molar-refractivity contribution in [3.63, 3.8) is 0 Å². The van der Waals surface area contributed by atoms with Gasteiger partial charge in [0.2, 0.25) is 0 Å². The predicted molar refractivity (Wildman–Crippen MR) is 97.8 cm³/mol. The summed E-state index contributed by atoms with van der Waals surface area (Å²) in [5, 5.41) is 11.1. The zero-order valence-corrected chi connectivity index (χ0v) is 16.9. The fourth-order valence-electron chi connectivity index (χ4n) is 8.34. The van der Waals surface area contributed by atoms with Crippen LogP contribution in [0.5, 0.6) is 0 Å². The molecule has 0 amide bonds. The van der Waals surface area contributed by atoms with E-state index in [-0.39, 0.29) is 28.3 Å². The van der Waals surface area contributed by atoms with Gasteiger partial charge < -0.3 is 9.84 Å². The highest BCUT2D eigenvalue weighted by molar-refractivity contribution is 5.66. The van der Waals surface area contributed by atoms with Crippen molar-refractivity contribution in [1.29, 1.82) is 0 Å². The lowest BCUT2D eigenvalue weighted by molar-refractivity contribution is -0.208. The largest absolute Gasteiger partial charge is 0.462 e. The number of ether oxygens (including phenoxy) is 1. The predicted octanol–water partition coefficient (Wildman–Crippen LogP) is 4.57. The second-order valence-electron chi connectivity index (χ2n) is 10.9. The second kappa shape index (κ2) is 5.03. The van der Waals surface area contributed by atoms with Gasteiger partial charge in [0.1, 0.15) is 6.10 Å². The Labute approximate surface area is 152 Å². The molecule has 4 aliphatic carbocycles. The highest BCUT2D eigenvalue weighted by Gasteiger charge is 2.81. The molecule has 1 spiro atoms. The summed E-state index contributed by atoms with van der Waals surface area (Å²) >= 11 is 0. The summed E-state index contributed by atoms with van der Waals surface area (Å²) in [4.78, 5) is 11.9. The fraction of sp³-hybridized carbons (Fsp3) is 0.955. The molecule has 25 heavy (non-hydrogen) atoms. The molecule has 1 N–H and O–H groups in total. The smallest absolute Gasteiger partial charge is 0.302 e. The first kappa shape index (κ1) is 17.8. The van der Waals surface area contributed by atoms with E-state index in [9.17, 15) is 9.90 Å². The number of fused-ring (bicyclic) bond motifs is 1. The topological polar surface area (TPSA) is 46.5 Å². The monoisotopic (exact) mass is 348 g/mol. The summed E-state index contributed by atoms with van der Waals surface area (Å²) in [5.74, 6) is 2.27. The summed E-state index contributed by atoms with van der Waals surface area (Å²) in [7, 11) is 0. The molecule has 142 valence electrons. The van der Waals surface area contributed by atoms with E-state index in [1.807, 2.05) is 6.92 Å². The lowest BCUT2D eigenvalue weighted by Gasteiger charge is -2.61. The molecule has 1 unspecified atom stereocenters. The molecule has 3 nitrogen and oxygen atoms in total. The van der Waals surface area contributed by atoms with Crippen molar-refractivity contribution in [3.8, 4) is 0 Å². The van der Waals surface area contributed by atoms with Crippen LogP contribution in [0.1, 0.15) is 80.1 Å². The van der Waals surface area contributed by atoms with Gasteiger partial charge in [-0.2, -0.15) is 0 Å². The molecule has 0 aliphatic heterocycles. The Kier molecular flexibility index (Phi) is 3.58. The van der Waals surface area contributed by atoms with Crippen molar-refractivity contribution in [3.05, 3.63) is 0 Å². The maximum Gasteiger partial charge on any atom is 0.302 e. The summed E-state index contributed by atoms with van der Waals surface area (Å²) in [6.07, 6.45) is 6.53. The van der Waals surface area contributed by atoms with E-state index in [0.717, 1.165) is 25.7 Å². The van der Waals surface area contributed by atoms with E-state index < -0.39 is 5.60 Å². The Balaban J connectivity index is 1.81. The van der Waals surface area contributed by atoms with Crippen LogP contribution >= 0.6 is 0 Å². The molecule has 4 fully saturated rings. The molecule has 0 aromatic carbocycles. The molecule has 0 saturated heterocycles. The first-order valence-electron chi connectivity index (χ1n) is 10.4. The SMILES string of the molecule is CC(=O)O[C@H]1C[C@]2(C)[C@@H](C(C)C)CC[C@H]2C23C[C@H]2[C@](C)(O)CC[C@]13C. The number of hydrogen-bond acceptors (Lipinski definition) is 3. The van der Waals surface area contributed by atoms with Crippen molar-refractivity contribution in [2.45, 2.75) is 91.8 Å². The Hall–Kier alpha value is -0.570. The average molecular weight is 349 g/mol. The van der Waals surface area contributed by atoms with Gasteiger partial charge in [0.05, 0.1) is 5.60 Å². The summed E-state index contributed by atoms with van der Waals surface area (Å²) in [6.45, 7) is 13.2. The molecule has 4 saturated carbocycles. The van der Waals surface area contributed by atoms with Crippen LogP contribution in [0, 0.1) is 39.9 Å². The highest BCUT2D eigenvalue weighted by atomic mass is 16.5. The maximum atomic E-state index is 11.9. The van der Waals surface area contributed by atoms with Gasteiger partial charge in [-0.15, -0.1) is 0 Å². The van der Waals surface area contributed by atoms with Gasteiger partial charge in [-0.05, 0) is 80.0 Å². The lowest BCUT2D eigenvalue weighted by Crippen LogP contribution is -2.61. The van der Waals surface area contributed by atoms with Crippen molar-refractivity contribution in [2.75, 3.05) is 0 Å². The van der Waals surface area contributed by atoms with Crippen LogP contribution < -0.4 is 0 Å². The molecule has 3 heteroatoms. The van der Waals surface area contributed by atoms with Crippen molar-refractivity contribution in [1.82, 2.24) is 0 Å². The first-order valence-corrected chi connectivity index (χ1v) is 10.4. The van der Waals surface area contributed by atoms with Crippen molar-refractivity contribution in [2.24, 2.45) is 39.9 Å². The normalized spacial score (nSPS) is 56.8. The summed E-state index contributed by atoms with van der Waals surface area (Å²) in [5.41, 5.74) is -0.114. The van der Waals surface area contributed by atoms with Crippen molar-refractivity contribution < 1.29 is 14.6 Å².